The van der Waals surface area contributed by atoms with Crippen LogP contribution in [0, 0.1) is 11.8 Å². The first-order valence-electron chi connectivity index (χ1n) is 8.39. The maximum absolute atomic E-state index is 12.4. The van der Waals surface area contributed by atoms with Gasteiger partial charge in [0.2, 0.25) is 5.91 Å². The van der Waals surface area contributed by atoms with Gasteiger partial charge in [-0.05, 0) is 50.4 Å². The van der Waals surface area contributed by atoms with E-state index in [2.05, 4.69) is 4.90 Å². The zero-order chi connectivity index (χ0) is 13.9. The number of rotatable bonds is 3. The van der Waals surface area contributed by atoms with Gasteiger partial charge < -0.3 is 15.4 Å². The number of nitrogens with two attached hydrogens (primary N) is 1. The van der Waals surface area contributed by atoms with Gasteiger partial charge in [0.25, 0.3) is 0 Å². The first kappa shape index (κ1) is 14.3. The molecule has 3 aliphatic rings. The summed E-state index contributed by atoms with van der Waals surface area (Å²) in [7, 11) is 0. The lowest BCUT2D eigenvalue weighted by molar-refractivity contribution is -0.131. The Morgan fingerprint density at radius 2 is 2.05 bits per heavy atom. The highest BCUT2D eigenvalue weighted by Gasteiger charge is 2.40. The molecule has 114 valence electrons. The van der Waals surface area contributed by atoms with E-state index >= 15 is 0 Å². The van der Waals surface area contributed by atoms with Crippen molar-refractivity contribution in [2.75, 3.05) is 19.7 Å². The molecule has 4 atom stereocenters. The predicted molar refractivity (Wildman–Crippen MR) is 78.2 cm³/mol. The molecule has 2 N–H and O–H groups in total. The third kappa shape index (κ3) is 3.17. The van der Waals surface area contributed by atoms with Crippen molar-refractivity contribution in [3.63, 3.8) is 0 Å². The Balaban J connectivity index is 1.46. The van der Waals surface area contributed by atoms with Crippen molar-refractivity contribution >= 4 is 5.91 Å². The number of likely N-dealkylation sites (tertiary alicyclic amines) is 1. The SMILES string of the molecule is NC1CCCC2CN(C(=O)CCC3CCCCO3)CC12. The summed E-state index contributed by atoms with van der Waals surface area (Å²) in [5.41, 5.74) is 6.22. The molecule has 1 aliphatic carbocycles. The normalized spacial score (nSPS) is 37.8. The number of hydrogen-bond acceptors (Lipinski definition) is 3. The molecule has 0 aromatic carbocycles. The summed E-state index contributed by atoms with van der Waals surface area (Å²) in [5, 5.41) is 0. The molecule has 4 heteroatoms. The van der Waals surface area contributed by atoms with Gasteiger partial charge in [-0.15, -0.1) is 0 Å². The van der Waals surface area contributed by atoms with E-state index in [1.807, 2.05) is 0 Å². The number of amides is 1. The molecule has 0 aromatic heterocycles. The lowest BCUT2D eigenvalue weighted by Gasteiger charge is -2.29. The van der Waals surface area contributed by atoms with Crippen molar-refractivity contribution in [1.29, 1.82) is 0 Å². The van der Waals surface area contributed by atoms with Gasteiger partial charge in [0.15, 0.2) is 0 Å². The Hall–Kier alpha value is -0.610. The minimum absolute atomic E-state index is 0.313. The summed E-state index contributed by atoms with van der Waals surface area (Å²) in [6.45, 7) is 2.72. The number of fused-ring (bicyclic) bond motifs is 1. The number of nitrogens with zero attached hydrogens (tertiary/aromatic N) is 1. The van der Waals surface area contributed by atoms with Crippen LogP contribution in [-0.2, 0) is 9.53 Å². The Labute approximate surface area is 122 Å². The van der Waals surface area contributed by atoms with Crippen molar-refractivity contribution in [3.8, 4) is 0 Å². The fourth-order valence-corrected chi connectivity index (χ4v) is 4.20. The zero-order valence-corrected chi connectivity index (χ0v) is 12.4. The summed E-state index contributed by atoms with van der Waals surface area (Å²) >= 11 is 0. The lowest BCUT2D eigenvalue weighted by Crippen LogP contribution is -2.38. The highest BCUT2D eigenvalue weighted by atomic mass is 16.5. The Morgan fingerprint density at radius 1 is 1.15 bits per heavy atom. The molecule has 0 aromatic rings. The summed E-state index contributed by atoms with van der Waals surface area (Å²) in [5.74, 6) is 1.54. The van der Waals surface area contributed by atoms with Gasteiger partial charge in [-0.2, -0.15) is 0 Å². The van der Waals surface area contributed by atoms with E-state index in [1.54, 1.807) is 0 Å². The maximum Gasteiger partial charge on any atom is 0.222 e. The van der Waals surface area contributed by atoms with Crippen LogP contribution in [0.3, 0.4) is 0 Å². The van der Waals surface area contributed by atoms with Gasteiger partial charge in [0, 0.05) is 32.2 Å². The third-order valence-corrected chi connectivity index (χ3v) is 5.46. The summed E-state index contributed by atoms with van der Waals surface area (Å²) in [6.07, 6.45) is 9.06. The van der Waals surface area contributed by atoms with E-state index in [-0.39, 0.29) is 0 Å². The average Bonchev–Trinajstić information content (AvgIpc) is 2.91. The molecule has 4 unspecified atom stereocenters. The Kier molecular flexibility index (Phi) is 4.61. The van der Waals surface area contributed by atoms with Crippen molar-refractivity contribution in [2.24, 2.45) is 17.6 Å². The number of carbonyl (C=O) groups is 1. The van der Waals surface area contributed by atoms with Crippen molar-refractivity contribution < 1.29 is 9.53 Å². The van der Waals surface area contributed by atoms with Crippen molar-refractivity contribution in [3.05, 3.63) is 0 Å². The molecular formula is C16H28N2O2. The van der Waals surface area contributed by atoms with Gasteiger partial charge in [-0.1, -0.05) is 6.42 Å². The first-order chi connectivity index (χ1) is 9.74. The molecule has 4 nitrogen and oxygen atoms in total. The fraction of sp³-hybridized carbons (Fsp3) is 0.938. The van der Waals surface area contributed by atoms with Crippen LogP contribution in [0.5, 0.6) is 0 Å². The standard InChI is InChI=1S/C16H28N2O2/c17-15-6-3-4-12-10-18(11-14(12)15)16(19)8-7-13-5-1-2-9-20-13/h12-15H,1-11,17H2. The minimum Gasteiger partial charge on any atom is -0.378 e. The molecule has 2 aliphatic heterocycles. The van der Waals surface area contributed by atoms with E-state index in [0.717, 1.165) is 39.0 Å². The molecular weight excluding hydrogens is 252 g/mol. The topological polar surface area (TPSA) is 55.6 Å². The van der Waals surface area contributed by atoms with E-state index in [9.17, 15) is 4.79 Å². The second-order valence-corrected chi connectivity index (χ2v) is 6.84. The second kappa shape index (κ2) is 6.44. The summed E-state index contributed by atoms with van der Waals surface area (Å²) in [4.78, 5) is 14.4. The second-order valence-electron chi connectivity index (χ2n) is 6.84. The van der Waals surface area contributed by atoms with E-state index < -0.39 is 0 Å². The molecule has 20 heavy (non-hydrogen) atoms. The highest BCUT2D eigenvalue weighted by molar-refractivity contribution is 5.76. The molecule has 2 saturated heterocycles. The van der Waals surface area contributed by atoms with Crippen LogP contribution in [0.1, 0.15) is 51.4 Å². The minimum atomic E-state index is 0.313. The molecule has 2 heterocycles. The van der Waals surface area contributed by atoms with Crippen LogP contribution < -0.4 is 5.73 Å². The van der Waals surface area contributed by atoms with Crippen LogP contribution in [-0.4, -0.2) is 42.6 Å². The predicted octanol–water partition coefficient (Wildman–Crippen LogP) is 1.92. The van der Waals surface area contributed by atoms with Crippen LogP contribution in [0.2, 0.25) is 0 Å². The molecule has 0 spiro atoms. The van der Waals surface area contributed by atoms with Crippen molar-refractivity contribution in [1.82, 2.24) is 4.90 Å². The smallest absolute Gasteiger partial charge is 0.222 e. The van der Waals surface area contributed by atoms with E-state index in [0.29, 0.717) is 36.3 Å². The first-order valence-corrected chi connectivity index (χ1v) is 8.39. The van der Waals surface area contributed by atoms with E-state index in [4.69, 9.17) is 10.5 Å². The van der Waals surface area contributed by atoms with Crippen LogP contribution in [0.4, 0.5) is 0 Å². The molecule has 0 bridgehead atoms. The molecule has 1 amide bonds. The van der Waals surface area contributed by atoms with Gasteiger partial charge in [0.05, 0.1) is 6.10 Å². The molecule has 3 rings (SSSR count). The average molecular weight is 280 g/mol. The van der Waals surface area contributed by atoms with E-state index in [1.165, 1.54) is 25.7 Å². The maximum atomic E-state index is 12.4. The van der Waals surface area contributed by atoms with Gasteiger partial charge in [0.1, 0.15) is 0 Å². The van der Waals surface area contributed by atoms with Gasteiger partial charge in [-0.3, -0.25) is 4.79 Å². The Bertz CT molecular complexity index is 341. The summed E-state index contributed by atoms with van der Waals surface area (Å²) in [6, 6.07) is 0.313. The number of carbonyl (C=O) groups excluding carboxylic acids is 1. The fourth-order valence-electron chi connectivity index (χ4n) is 4.20. The zero-order valence-electron chi connectivity index (χ0n) is 12.4. The lowest BCUT2D eigenvalue weighted by atomic mass is 9.78. The van der Waals surface area contributed by atoms with Crippen LogP contribution in [0.15, 0.2) is 0 Å². The number of ether oxygens (including phenoxy) is 1. The van der Waals surface area contributed by atoms with Gasteiger partial charge in [-0.25, -0.2) is 0 Å². The van der Waals surface area contributed by atoms with Crippen LogP contribution in [0.25, 0.3) is 0 Å². The third-order valence-electron chi connectivity index (χ3n) is 5.46. The summed E-state index contributed by atoms with van der Waals surface area (Å²) < 4.78 is 5.71. The van der Waals surface area contributed by atoms with Crippen LogP contribution >= 0.6 is 0 Å². The Morgan fingerprint density at radius 3 is 2.80 bits per heavy atom. The van der Waals surface area contributed by atoms with Gasteiger partial charge >= 0.3 is 0 Å². The molecule has 0 radical (unpaired) electrons. The largest absolute Gasteiger partial charge is 0.378 e. The highest BCUT2D eigenvalue weighted by Crippen LogP contribution is 2.35. The molecule has 3 fully saturated rings. The monoisotopic (exact) mass is 280 g/mol. The molecule has 1 saturated carbocycles. The van der Waals surface area contributed by atoms with Crippen molar-refractivity contribution in [2.45, 2.75) is 63.5 Å². The quantitative estimate of drug-likeness (QED) is 0.859. The number of hydrogen-bond donors (Lipinski definition) is 1.